The van der Waals surface area contributed by atoms with Crippen molar-refractivity contribution in [2.24, 2.45) is 5.92 Å². The molecule has 0 aliphatic carbocycles. The number of nitrogens with one attached hydrogen (secondary N) is 1. The Morgan fingerprint density at radius 3 is 2.47 bits per heavy atom. The zero-order chi connectivity index (χ0) is 21.1. The maximum Gasteiger partial charge on any atom is 0.254 e. The molecule has 1 aliphatic heterocycles. The Labute approximate surface area is 177 Å². The van der Waals surface area contributed by atoms with Crippen molar-refractivity contribution in [2.75, 3.05) is 18.4 Å². The first-order chi connectivity index (χ1) is 14.5. The van der Waals surface area contributed by atoms with Gasteiger partial charge in [-0.25, -0.2) is 0 Å². The summed E-state index contributed by atoms with van der Waals surface area (Å²) in [5.41, 5.74) is 0.808. The van der Waals surface area contributed by atoms with E-state index < -0.39 is 0 Å². The molecule has 3 aromatic rings. The minimum atomic E-state index is -0.200. The van der Waals surface area contributed by atoms with Crippen molar-refractivity contribution in [1.29, 1.82) is 0 Å². The minimum Gasteiger partial charge on any atom is -0.360 e. The molecule has 1 N–H and O–H groups in total. The summed E-state index contributed by atoms with van der Waals surface area (Å²) in [4.78, 5) is 40.7. The van der Waals surface area contributed by atoms with Gasteiger partial charge < -0.3 is 14.7 Å². The van der Waals surface area contributed by atoms with Crippen LogP contribution in [-0.4, -0.2) is 40.7 Å². The van der Waals surface area contributed by atoms with Crippen LogP contribution >= 0.6 is 11.3 Å². The van der Waals surface area contributed by atoms with Crippen LogP contribution in [0.3, 0.4) is 0 Å². The first kappa shape index (κ1) is 20.0. The molecule has 2 aromatic heterocycles. The Kier molecular flexibility index (Phi) is 5.76. The third-order valence-corrected chi connectivity index (χ3v) is 6.05. The van der Waals surface area contributed by atoms with Crippen molar-refractivity contribution in [3.8, 4) is 0 Å². The molecule has 30 heavy (non-hydrogen) atoms. The summed E-state index contributed by atoms with van der Waals surface area (Å²) in [6, 6.07) is 12.1. The minimum absolute atomic E-state index is 0.122. The summed E-state index contributed by atoms with van der Waals surface area (Å²) >= 11 is 1.36. The van der Waals surface area contributed by atoms with Crippen LogP contribution in [0.4, 0.5) is 5.82 Å². The summed E-state index contributed by atoms with van der Waals surface area (Å²) < 4.78 is 4.96. The first-order valence-corrected chi connectivity index (χ1v) is 10.6. The topological polar surface area (TPSA) is 92.5 Å². The van der Waals surface area contributed by atoms with E-state index in [-0.39, 0.29) is 23.5 Å². The molecule has 0 spiro atoms. The Morgan fingerprint density at radius 2 is 1.83 bits per heavy atom. The molecule has 2 amide bonds. The molecule has 4 rings (SSSR count). The van der Waals surface area contributed by atoms with E-state index in [0.29, 0.717) is 53.5 Å². The molecule has 8 heteroatoms. The molecule has 3 heterocycles. The van der Waals surface area contributed by atoms with Crippen LogP contribution in [0.25, 0.3) is 0 Å². The number of ketones is 1. The first-order valence-electron chi connectivity index (χ1n) is 9.73. The molecule has 0 radical (unpaired) electrons. The van der Waals surface area contributed by atoms with E-state index in [9.17, 15) is 14.4 Å². The third kappa shape index (κ3) is 4.18. The molecule has 0 saturated carbocycles. The highest BCUT2D eigenvalue weighted by molar-refractivity contribution is 7.12. The van der Waals surface area contributed by atoms with Crippen molar-refractivity contribution in [1.82, 2.24) is 10.1 Å². The van der Waals surface area contributed by atoms with Gasteiger partial charge in [-0.15, -0.1) is 11.3 Å². The number of benzene rings is 1. The fourth-order valence-corrected chi connectivity index (χ4v) is 4.25. The maximum atomic E-state index is 13.1. The second-order valence-corrected chi connectivity index (χ2v) is 8.18. The number of aromatic nitrogens is 1. The van der Waals surface area contributed by atoms with Gasteiger partial charge in [-0.1, -0.05) is 29.4 Å². The van der Waals surface area contributed by atoms with Gasteiger partial charge in [0, 0.05) is 30.6 Å². The van der Waals surface area contributed by atoms with E-state index in [1.54, 1.807) is 48.2 Å². The number of carbonyl (C=O) groups excluding carboxylic acids is 3. The molecular formula is C22H21N3O4S. The van der Waals surface area contributed by atoms with Crippen molar-refractivity contribution < 1.29 is 18.9 Å². The Bertz CT molecular complexity index is 1070. The van der Waals surface area contributed by atoms with Gasteiger partial charge >= 0.3 is 0 Å². The number of carbonyl (C=O) groups is 3. The fourth-order valence-electron chi connectivity index (χ4n) is 3.58. The Morgan fingerprint density at radius 1 is 1.10 bits per heavy atom. The van der Waals surface area contributed by atoms with Crippen LogP contribution < -0.4 is 5.32 Å². The van der Waals surface area contributed by atoms with Gasteiger partial charge in [0.15, 0.2) is 5.82 Å². The largest absolute Gasteiger partial charge is 0.360 e. The highest BCUT2D eigenvalue weighted by atomic mass is 32.1. The van der Waals surface area contributed by atoms with E-state index in [2.05, 4.69) is 10.5 Å². The average molecular weight is 423 g/mol. The lowest BCUT2D eigenvalue weighted by Crippen LogP contribution is -2.41. The third-order valence-electron chi connectivity index (χ3n) is 5.18. The van der Waals surface area contributed by atoms with E-state index in [4.69, 9.17) is 4.52 Å². The van der Waals surface area contributed by atoms with Gasteiger partial charge in [0.2, 0.25) is 11.7 Å². The molecule has 1 saturated heterocycles. The zero-order valence-electron chi connectivity index (χ0n) is 16.5. The predicted octanol–water partition coefficient (Wildman–Crippen LogP) is 3.77. The number of rotatable bonds is 5. The molecule has 0 unspecified atom stereocenters. The van der Waals surface area contributed by atoms with Crippen molar-refractivity contribution >= 4 is 34.8 Å². The van der Waals surface area contributed by atoms with Crippen molar-refractivity contribution in [3.63, 3.8) is 0 Å². The molecule has 0 atom stereocenters. The van der Waals surface area contributed by atoms with Crippen LogP contribution in [0.5, 0.6) is 0 Å². The predicted molar refractivity (Wildman–Crippen MR) is 113 cm³/mol. The molecule has 1 aliphatic rings. The van der Waals surface area contributed by atoms with Gasteiger partial charge in [0.05, 0.1) is 10.4 Å². The summed E-state index contributed by atoms with van der Waals surface area (Å²) in [7, 11) is 0. The lowest BCUT2D eigenvalue weighted by Gasteiger charge is -2.31. The second kappa shape index (κ2) is 8.62. The molecule has 154 valence electrons. The number of nitrogens with zero attached hydrogens (tertiary/aromatic N) is 2. The van der Waals surface area contributed by atoms with E-state index >= 15 is 0 Å². The number of aryl methyl sites for hydroxylation is 1. The SMILES string of the molecule is Cc1cc(NC(=O)C2CCN(C(=O)c3ccccc3C(=O)c3cccs3)CC2)no1. The van der Waals surface area contributed by atoms with E-state index in [0.717, 1.165) is 0 Å². The summed E-state index contributed by atoms with van der Waals surface area (Å²) in [5, 5.41) is 8.38. The van der Waals surface area contributed by atoms with Gasteiger partial charge in [-0.3, -0.25) is 14.4 Å². The van der Waals surface area contributed by atoms with Crippen molar-refractivity contribution in [3.05, 3.63) is 69.6 Å². The fraction of sp³-hybridized carbons (Fsp3) is 0.273. The zero-order valence-corrected chi connectivity index (χ0v) is 17.3. The normalized spacial score (nSPS) is 14.5. The monoisotopic (exact) mass is 423 g/mol. The number of amides is 2. The van der Waals surface area contributed by atoms with E-state index in [1.165, 1.54) is 11.3 Å². The summed E-state index contributed by atoms with van der Waals surface area (Å²) in [5.74, 6) is 0.379. The smallest absolute Gasteiger partial charge is 0.254 e. The highest BCUT2D eigenvalue weighted by Crippen LogP contribution is 2.24. The van der Waals surface area contributed by atoms with E-state index in [1.807, 2.05) is 11.4 Å². The Hall–Kier alpha value is -3.26. The average Bonchev–Trinajstić information content (AvgIpc) is 3.45. The number of thiophene rings is 1. The number of piperidine rings is 1. The van der Waals surface area contributed by atoms with Crippen LogP contribution in [0.15, 0.2) is 52.4 Å². The van der Waals surface area contributed by atoms with Gasteiger partial charge in [0.1, 0.15) is 5.76 Å². The molecule has 7 nitrogen and oxygen atoms in total. The number of hydrogen-bond donors (Lipinski definition) is 1. The number of hydrogen-bond acceptors (Lipinski definition) is 6. The van der Waals surface area contributed by atoms with Gasteiger partial charge in [0.25, 0.3) is 5.91 Å². The van der Waals surface area contributed by atoms with Crippen LogP contribution in [0.2, 0.25) is 0 Å². The van der Waals surface area contributed by atoms with Gasteiger partial charge in [-0.05, 0) is 37.3 Å². The Balaban J connectivity index is 1.41. The van der Waals surface area contributed by atoms with Crippen LogP contribution in [-0.2, 0) is 4.79 Å². The van der Waals surface area contributed by atoms with Crippen molar-refractivity contribution in [2.45, 2.75) is 19.8 Å². The van der Waals surface area contributed by atoms with Crippen LogP contribution in [0, 0.1) is 12.8 Å². The molecular weight excluding hydrogens is 402 g/mol. The second-order valence-electron chi connectivity index (χ2n) is 7.23. The lowest BCUT2D eigenvalue weighted by molar-refractivity contribution is -0.121. The molecule has 1 aromatic carbocycles. The molecule has 0 bridgehead atoms. The highest BCUT2D eigenvalue weighted by Gasteiger charge is 2.30. The standard InChI is InChI=1S/C22H21N3O4S/c1-14-13-19(24-29-14)23-21(27)15-8-10-25(11-9-15)22(28)17-6-3-2-5-16(17)20(26)18-7-4-12-30-18/h2-7,12-13,15H,8-11H2,1H3,(H,23,24,27). The maximum absolute atomic E-state index is 13.1. The lowest BCUT2D eigenvalue weighted by atomic mass is 9.94. The quantitative estimate of drug-likeness (QED) is 0.631. The summed E-state index contributed by atoms with van der Waals surface area (Å²) in [6.07, 6.45) is 1.10. The molecule has 1 fully saturated rings. The van der Waals surface area contributed by atoms with Gasteiger partial charge in [-0.2, -0.15) is 0 Å². The van der Waals surface area contributed by atoms with Crippen LogP contribution in [0.1, 0.15) is 44.2 Å². The number of anilines is 1. The number of likely N-dealkylation sites (tertiary alicyclic amines) is 1. The summed E-state index contributed by atoms with van der Waals surface area (Å²) in [6.45, 7) is 2.67.